The molecule has 4 rings (SSSR count). The number of amidine groups is 1. The number of rotatable bonds is 6. The molecule has 1 amide bonds. The monoisotopic (exact) mass is 458 g/mol. The van der Waals surface area contributed by atoms with Crippen LogP contribution in [-0.2, 0) is 27.5 Å². The Morgan fingerprint density at radius 3 is 2.39 bits per heavy atom. The van der Waals surface area contributed by atoms with Crippen LogP contribution in [0.2, 0.25) is 0 Å². The van der Waals surface area contributed by atoms with Crippen molar-refractivity contribution in [3.8, 4) is 5.75 Å². The van der Waals surface area contributed by atoms with Crippen LogP contribution >= 0.6 is 11.8 Å². The second-order valence-electron chi connectivity index (χ2n) is 7.69. The van der Waals surface area contributed by atoms with Gasteiger partial charge in [-0.15, -0.1) is 0 Å². The summed E-state index contributed by atoms with van der Waals surface area (Å²) in [7, 11) is -3.11. The molecule has 2 aliphatic rings. The van der Waals surface area contributed by atoms with Crippen molar-refractivity contribution in [2.75, 3.05) is 23.0 Å². The lowest BCUT2D eigenvalue weighted by Crippen LogP contribution is -2.39. The van der Waals surface area contributed by atoms with Gasteiger partial charge in [-0.2, -0.15) is 4.99 Å². The van der Waals surface area contributed by atoms with Crippen molar-refractivity contribution in [3.05, 3.63) is 59.7 Å². The predicted octanol–water partition coefficient (Wildman–Crippen LogP) is 3.49. The van der Waals surface area contributed by atoms with Crippen molar-refractivity contribution in [1.82, 2.24) is 0 Å². The first-order valence-corrected chi connectivity index (χ1v) is 13.2. The molecule has 8 heteroatoms. The Morgan fingerprint density at radius 2 is 1.74 bits per heavy atom. The maximum atomic E-state index is 12.6. The van der Waals surface area contributed by atoms with E-state index in [1.807, 2.05) is 29.2 Å². The van der Waals surface area contributed by atoms with Gasteiger partial charge in [-0.3, -0.25) is 4.79 Å². The summed E-state index contributed by atoms with van der Waals surface area (Å²) < 4.78 is 30.3. The molecular weight excluding hydrogens is 432 g/mol. The van der Waals surface area contributed by atoms with E-state index in [-0.39, 0.29) is 35.3 Å². The maximum Gasteiger partial charge on any atom is 0.285 e. The summed E-state index contributed by atoms with van der Waals surface area (Å²) in [6.07, 6.45) is 1.62. The quantitative estimate of drug-likeness (QED) is 0.660. The average Bonchev–Trinajstić information content (AvgIpc) is 3.22. The van der Waals surface area contributed by atoms with Crippen LogP contribution in [0.15, 0.2) is 53.5 Å². The fourth-order valence-electron chi connectivity index (χ4n) is 4.15. The Balaban J connectivity index is 1.67. The van der Waals surface area contributed by atoms with E-state index in [0.717, 1.165) is 29.7 Å². The molecule has 2 aromatic carbocycles. The smallest absolute Gasteiger partial charge is 0.285 e. The van der Waals surface area contributed by atoms with E-state index in [9.17, 15) is 13.2 Å². The van der Waals surface area contributed by atoms with E-state index < -0.39 is 9.84 Å². The second-order valence-corrected chi connectivity index (χ2v) is 11.1. The zero-order valence-corrected chi connectivity index (χ0v) is 19.3. The molecule has 2 atom stereocenters. The lowest BCUT2D eigenvalue weighted by molar-refractivity contribution is -0.119. The third kappa shape index (κ3) is 4.65. The minimum Gasteiger partial charge on any atom is -0.484 e. The summed E-state index contributed by atoms with van der Waals surface area (Å²) in [5.74, 6) is 0.424. The zero-order valence-electron chi connectivity index (χ0n) is 17.7. The molecule has 0 spiro atoms. The number of carbonyl (C=O) groups excluding carboxylic acids is 1. The molecule has 2 saturated heterocycles. The standard InChI is InChI=1S/C23H26N2O4S2/c1-3-16-9-8-10-17(4-2)22(16)25-19-14-31(27,28)15-20(19)30-23(25)24-21(26)13-29-18-11-6-5-7-12-18/h5-12,19-20H,3-4,13-15H2,1-2H3. The highest BCUT2D eigenvalue weighted by molar-refractivity contribution is 8.16. The van der Waals surface area contributed by atoms with Crippen molar-refractivity contribution in [1.29, 1.82) is 0 Å². The molecule has 6 nitrogen and oxygen atoms in total. The number of nitrogens with zero attached hydrogens (tertiary/aromatic N) is 2. The fraction of sp³-hybridized carbons (Fsp3) is 0.391. The number of hydrogen-bond donors (Lipinski definition) is 0. The lowest BCUT2D eigenvalue weighted by Gasteiger charge is -2.29. The van der Waals surface area contributed by atoms with Crippen LogP contribution in [0.4, 0.5) is 5.69 Å². The van der Waals surface area contributed by atoms with E-state index in [1.165, 1.54) is 11.8 Å². The minimum absolute atomic E-state index is 0.0829. The van der Waals surface area contributed by atoms with Crippen molar-refractivity contribution in [2.45, 2.75) is 38.0 Å². The van der Waals surface area contributed by atoms with Gasteiger partial charge in [-0.1, -0.05) is 62.0 Å². The molecule has 0 saturated carbocycles. The Morgan fingerprint density at radius 1 is 1.06 bits per heavy atom. The Kier molecular flexibility index (Phi) is 6.39. The molecular formula is C23H26N2O4S2. The van der Waals surface area contributed by atoms with E-state index in [1.54, 1.807) is 12.1 Å². The first kappa shape index (κ1) is 21.9. The van der Waals surface area contributed by atoms with E-state index in [4.69, 9.17) is 4.74 Å². The van der Waals surface area contributed by atoms with Crippen LogP contribution < -0.4 is 9.64 Å². The first-order chi connectivity index (χ1) is 14.9. The highest BCUT2D eigenvalue weighted by Crippen LogP contribution is 2.43. The van der Waals surface area contributed by atoms with E-state index in [2.05, 4.69) is 31.0 Å². The number of anilines is 1. The number of aliphatic imine (C=N–C) groups is 1. The molecule has 2 heterocycles. The van der Waals surface area contributed by atoms with Crippen molar-refractivity contribution < 1.29 is 17.9 Å². The van der Waals surface area contributed by atoms with Gasteiger partial charge in [-0.05, 0) is 36.1 Å². The number of amides is 1. The molecule has 164 valence electrons. The van der Waals surface area contributed by atoms with Gasteiger partial charge >= 0.3 is 0 Å². The minimum atomic E-state index is -3.11. The van der Waals surface area contributed by atoms with Crippen LogP contribution in [0.25, 0.3) is 0 Å². The van der Waals surface area contributed by atoms with Crippen molar-refractivity contribution >= 4 is 38.4 Å². The average molecular weight is 459 g/mol. The Hall–Kier alpha value is -2.32. The number of sulfone groups is 1. The molecule has 2 aliphatic heterocycles. The molecule has 0 aliphatic carbocycles. The number of ether oxygens (including phenoxy) is 1. The number of aryl methyl sites for hydroxylation is 2. The molecule has 31 heavy (non-hydrogen) atoms. The third-order valence-corrected chi connectivity index (χ3v) is 8.81. The van der Waals surface area contributed by atoms with Crippen LogP contribution in [0, 0.1) is 0 Å². The molecule has 0 radical (unpaired) electrons. The summed E-state index contributed by atoms with van der Waals surface area (Å²) in [5, 5.41) is 0.448. The molecule has 2 unspecified atom stereocenters. The number of carbonyl (C=O) groups is 1. The third-order valence-electron chi connectivity index (χ3n) is 5.60. The molecule has 0 aromatic heterocycles. The van der Waals surface area contributed by atoms with Gasteiger partial charge in [0.15, 0.2) is 21.6 Å². The normalized spacial score (nSPS) is 23.2. The largest absolute Gasteiger partial charge is 0.484 e. The number of fused-ring (bicyclic) bond motifs is 1. The fourth-order valence-corrected chi connectivity index (χ4v) is 8.07. The van der Waals surface area contributed by atoms with Gasteiger partial charge in [0.1, 0.15) is 5.75 Å². The molecule has 2 fully saturated rings. The van der Waals surface area contributed by atoms with Crippen molar-refractivity contribution in [2.24, 2.45) is 4.99 Å². The highest BCUT2D eigenvalue weighted by atomic mass is 32.2. The highest BCUT2D eigenvalue weighted by Gasteiger charge is 2.50. The summed E-state index contributed by atoms with van der Waals surface area (Å²) >= 11 is 1.40. The summed E-state index contributed by atoms with van der Waals surface area (Å²) in [6.45, 7) is 4.01. The molecule has 2 aromatic rings. The van der Waals surface area contributed by atoms with Gasteiger partial charge in [0.2, 0.25) is 0 Å². The van der Waals surface area contributed by atoms with Gasteiger partial charge in [0.05, 0.1) is 17.5 Å². The van der Waals surface area contributed by atoms with Crippen LogP contribution in [0.1, 0.15) is 25.0 Å². The lowest BCUT2D eigenvalue weighted by atomic mass is 10.0. The Bertz CT molecular complexity index is 1080. The molecule has 0 bridgehead atoms. The van der Waals surface area contributed by atoms with Gasteiger partial charge in [0.25, 0.3) is 5.91 Å². The number of hydrogen-bond acceptors (Lipinski definition) is 5. The number of benzene rings is 2. The summed E-state index contributed by atoms with van der Waals surface area (Å²) in [5.41, 5.74) is 3.26. The molecule has 0 N–H and O–H groups in total. The van der Waals surface area contributed by atoms with Gasteiger partial charge < -0.3 is 9.64 Å². The summed E-state index contributed by atoms with van der Waals surface area (Å²) in [4.78, 5) is 19.0. The van der Waals surface area contributed by atoms with Crippen LogP contribution in [-0.4, -0.2) is 48.9 Å². The zero-order chi connectivity index (χ0) is 22.0. The first-order valence-electron chi connectivity index (χ1n) is 10.5. The van der Waals surface area contributed by atoms with E-state index >= 15 is 0 Å². The topological polar surface area (TPSA) is 76.0 Å². The summed E-state index contributed by atoms with van der Waals surface area (Å²) in [6, 6.07) is 15.1. The predicted molar refractivity (Wildman–Crippen MR) is 126 cm³/mol. The Labute approximate surface area is 187 Å². The SMILES string of the molecule is CCc1cccc(CC)c1N1C(=NC(=O)COc2ccccc2)SC2CS(=O)(=O)CC21. The maximum absolute atomic E-state index is 12.6. The number of thioether (sulfide) groups is 1. The van der Waals surface area contributed by atoms with Gasteiger partial charge in [0, 0.05) is 10.9 Å². The van der Waals surface area contributed by atoms with Crippen LogP contribution in [0.5, 0.6) is 5.75 Å². The van der Waals surface area contributed by atoms with Gasteiger partial charge in [-0.25, -0.2) is 8.42 Å². The van der Waals surface area contributed by atoms with E-state index in [0.29, 0.717) is 10.9 Å². The van der Waals surface area contributed by atoms with Crippen molar-refractivity contribution in [3.63, 3.8) is 0 Å². The second kappa shape index (κ2) is 9.04. The van der Waals surface area contributed by atoms with Crippen LogP contribution in [0.3, 0.4) is 0 Å². The number of para-hydroxylation sites is 2.